The normalized spacial score (nSPS) is 12.2. The van der Waals surface area contributed by atoms with E-state index in [0.717, 1.165) is 16.1 Å². The molecule has 0 saturated carbocycles. The molecule has 0 aliphatic heterocycles. The molecule has 3 aromatic rings. The number of benzene rings is 1. The molecule has 118 valence electrons. The summed E-state index contributed by atoms with van der Waals surface area (Å²) < 4.78 is 5.55. The first-order chi connectivity index (χ1) is 11.2. The Labute approximate surface area is 136 Å². The Hall–Kier alpha value is -2.51. The number of oxazole rings is 1. The number of hydrogen-bond donors (Lipinski definition) is 1. The Kier molecular flexibility index (Phi) is 4.50. The maximum Gasteiger partial charge on any atom is 0.269 e. The van der Waals surface area contributed by atoms with Crippen molar-refractivity contribution >= 4 is 17.0 Å². The number of hydrogen-bond acceptors (Lipinski definition) is 6. The zero-order chi connectivity index (χ0) is 16.2. The van der Waals surface area contributed by atoms with Crippen LogP contribution in [0.15, 0.2) is 52.5 Å². The second-order valence-corrected chi connectivity index (χ2v) is 5.97. The Morgan fingerprint density at radius 3 is 2.74 bits per heavy atom. The van der Waals surface area contributed by atoms with Crippen molar-refractivity contribution in [3.8, 4) is 10.8 Å². The molecule has 2 heterocycles. The highest BCUT2D eigenvalue weighted by atomic mass is 32.1. The minimum atomic E-state index is -0.399. The molecule has 0 aliphatic rings. The Balaban J connectivity index is 1.76. The summed E-state index contributed by atoms with van der Waals surface area (Å²) in [5.74, 6) is 0.610. The van der Waals surface area contributed by atoms with Crippen molar-refractivity contribution in [2.45, 2.75) is 12.5 Å². The van der Waals surface area contributed by atoms with Crippen LogP contribution in [0.2, 0.25) is 0 Å². The van der Waals surface area contributed by atoms with Crippen LogP contribution in [0.1, 0.15) is 17.3 Å². The molecule has 0 fully saturated rings. The van der Waals surface area contributed by atoms with Crippen LogP contribution in [0.4, 0.5) is 5.69 Å². The Morgan fingerprint density at radius 2 is 2.13 bits per heavy atom. The molecule has 0 radical (unpaired) electrons. The highest BCUT2D eigenvalue weighted by Crippen LogP contribution is 2.27. The molecule has 0 aliphatic carbocycles. The van der Waals surface area contributed by atoms with Crippen molar-refractivity contribution in [1.82, 2.24) is 10.3 Å². The van der Waals surface area contributed by atoms with E-state index in [0.29, 0.717) is 12.3 Å². The van der Waals surface area contributed by atoms with Gasteiger partial charge in [-0.25, -0.2) is 4.98 Å². The van der Waals surface area contributed by atoms with Crippen molar-refractivity contribution in [1.29, 1.82) is 0 Å². The van der Waals surface area contributed by atoms with E-state index in [1.54, 1.807) is 29.7 Å². The van der Waals surface area contributed by atoms with Crippen molar-refractivity contribution in [3.05, 3.63) is 69.4 Å². The molecule has 2 aromatic heterocycles. The van der Waals surface area contributed by atoms with Crippen LogP contribution in [-0.2, 0) is 6.42 Å². The molecule has 23 heavy (non-hydrogen) atoms. The van der Waals surface area contributed by atoms with Crippen LogP contribution in [0.3, 0.4) is 0 Å². The molecule has 1 atom stereocenters. The lowest BCUT2D eigenvalue weighted by molar-refractivity contribution is -0.384. The number of aromatic nitrogens is 1. The third-order valence-electron chi connectivity index (χ3n) is 3.55. The summed E-state index contributed by atoms with van der Waals surface area (Å²) in [4.78, 5) is 15.8. The molecule has 1 aromatic carbocycles. The molecule has 7 heteroatoms. The standard InChI is InChI=1S/C16H15N3O3S/c1-17-13(9-11-4-6-12(7-5-11)19(20)21)14-10-22-16(18-14)15-3-2-8-23-15/h2-8,10,13,17H,9H2,1H3/t13-/m0/s1. The number of rotatable bonds is 6. The summed E-state index contributed by atoms with van der Waals surface area (Å²) >= 11 is 1.58. The van der Waals surface area contributed by atoms with Crippen LogP contribution in [0.5, 0.6) is 0 Å². The van der Waals surface area contributed by atoms with Crippen molar-refractivity contribution < 1.29 is 9.34 Å². The maximum absolute atomic E-state index is 10.7. The fraction of sp³-hybridized carbons (Fsp3) is 0.188. The minimum absolute atomic E-state index is 0.0195. The minimum Gasteiger partial charge on any atom is -0.443 e. The van der Waals surface area contributed by atoms with Gasteiger partial charge in [0, 0.05) is 12.1 Å². The molecular formula is C16H15N3O3S. The highest BCUT2D eigenvalue weighted by molar-refractivity contribution is 7.13. The molecule has 0 saturated heterocycles. The zero-order valence-corrected chi connectivity index (χ0v) is 13.2. The Bertz CT molecular complexity index is 781. The molecule has 0 amide bonds. The van der Waals surface area contributed by atoms with Crippen LogP contribution >= 0.6 is 11.3 Å². The first kappa shape index (κ1) is 15.4. The number of nitro groups is 1. The first-order valence-corrected chi connectivity index (χ1v) is 7.95. The lowest BCUT2D eigenvalue weighted by atomic mass is 10.0. The molecule has 1 N–H and O–H groups in total. The van der Waals surface area contributed by atoms with Gasteiger partial charge in [0.2, 0.25) is 5.89 Å². The lowest BCUT2D eigenvalue weighted by Crippen LogP contribution is -2.19. The van der Waals surface area contributed by atoms with E-state index in [4.69, 9.17) is 4.42 Å². The summed E-state index contributed by atoms with van der Waals surface area (Å²) in [6, 6.07) is 10.5. The van der Waals surface area contributed by atoms with Gasteiger partial charge in [0.1, 0.15) is 6.26 Å². The SMILES string of the molecule is CN[C@@H](Cc1ccc([N+](=O)[O-])cc1)c1coc(-c2cccs2)n1. The smallest absolute Gasteiger partial charge is 0.269 e. The van der Waals surface area contributed by atoms with Crippen molar-refractivity contribution in [2.75, 3.05) is 7.05 Å². The van der Waals surface area contributed by atoms with Gasteiger partial charge in [0.15, 0.2) is 0 Å². The number of non-ortho nitro benzene ring substituents is 1. The third-order valence-corrected chi connectivity index (χ3v) is 4.40. The van der Waals surface area contributed by atoms with E-state index >= 15 is 0 Å². The van der Waals surface area contributed by atoms with Gasteiger partial charge in [-0.1, -0.05) is 18.2 Å². The third kappa shape index (κ3) is 3.46. The summed E-state index contributed by atoms with van der Waals surface area (Å²) in [6.45, 7) is 0. The quantitative estimate of drug-likeness (QED) is 0.549. The number of thiophene rings is 1. The predicted octanol–water partition coefficient (Wildman–Crippen LogP) is 3.81. The van der Waals surface area contributed by atoms with Crippen LogP contribution in [-0.4, -0.2) is 17.0 Å². The van der Waals surface area contributed by atoms with Gasteiger partial charge in [-0.2, -0.15) is 0 Å². The average Bonchev–Trinajstić information content (AvgIpc) is 3.24. The van der Waals surface area contributed by atoms with Crippen molar-refractivity contribution in [3.63, 3.8) is 0 Å². The summed E-state index contributed by atoms with van der Waals surface area (Å²) in [7, 11) is 1.86. The number of likely N-dealkylation sites (N-methyl/N-ethyl adjacent to an activating group) is 1. The van der Waals surface area contributed by atoms with E-state index in [1.807, 2.05) is 24.6 Å². The fourth-order valence-corrected chi connectivity index (χ4v) is 2.96. The van der Waals surface area contributed by atoms with Gasteiger partial charge in [0.05, 0.1) is 21.5 Å². The summed E-state index contributed by atoms with van der Waals surface area (Å²) in [5.41, 5.74) is 1.90. The number of nitrogens with one attached hydrogen (secondary N) is 1. The second-order valence-electron chi connectivity index (χ2n) is 5.02. The lowest BCUT2D eigenvalue weighted by Gasteiger charge is -2.13. The number of nitro benzene ring substituents is 1. The van der Waals surface area contributed by atoms with Gasteiger partial charge >= 0.3 is 0 Å². The van der Waals surface area contributed by atoms with Gasteiger partial charge < -0.3 is 9.73 Å². The van der Waals surface area contributed by atoms with E-state index in [-0.39, 0.29) is 11.7 Å². The maximum atomic E-state index is 10.7. The van der Waals surface area contributed by atoms with E-state index < -0.39 is 4.92 Å². The van der Waals surface area contributed by atoms with E-state index in [1.165, 1.54) is 12.1 Å². The molecule has 0 bridgehead atoms. The molecule has 3 rings (SSSR count). The zero-order valence-electron chi connectivity index (χ0n) is 12.4. The van der Waals surface area contributed by atoms with Gasteiger partial charge in [0.25, 0.3) is 5.69 Å². The molecule has 6 nitrogen and oxygen atoms in total. The largest absolute Gasteiger partial charge is 0.443 e. The van der Waals surface area contributed by atoms with Gasteiger partial charge in [-0.15, -0.1) is 11.3 Å². The topological polar surface area (TPSA) is 81.2 Å². The van der Waals surface area contributed by atoms with E-state index in [9.17, 15) is 10.1 Å². The monoisotopic (exact) mass is 329 g/mol. The molecule has 0 spiro atoms. The first-order valence-electron chi connectivity index (χ1n) is 7.07. The highest BCUT2D eigenvalue weighted by Gasteiger charge is 2.17. The average molecular weight is 329 g/mol. The van der Waals surface area contributed by atoms with Gasteiger partial charge in [-0.3, -0.25) is 10.1 Å². The molecular weight excluding hydrogens is 314 g/mol. The van der Waals surface area contributed by atoms with E-state index in [2.05, 4.69) is 10.3 Å². The molecule has 0 unspecified atom stereocenters. The van der Waals surface area contributed by atoms with Crippen LogP contribution in [0, 0.1) is 10.1 Å². The predicted molar refractivity (Wildman–Crippen MR) is 88.4 cm³/mol. The Morgan fingerprint density at radius 1 is 1.35 bits per heavy atom. The van der Waals surface area contributed by atoms with Crippen LogP contribution < -0.4 is 5.32 Å². The summed E-state index contributed by atoms with van der Waals surface area (Å²) in [5, 5.41) is 15.9. The van der Waals surface area contributed by atoms with Crippen LogP contribution in [0.25, 0.3) is 10.8 Å². The number of nitrogens with zero attached hydrogens (tertiary/aromatic N) is 2. The summed E-state index contributed by atoms with van der Waals surface area (Å²) in [6.07, 6.45) is 2.33. The fourth-order valence-electron chi connectivity index (χ4n) is 2.30. The van der Waals surface area contributed by atoms with Gasteiger partial charge in [-0.05, 0) is 30.5 Å². The van der Waals surface area contributed by atoms with Crippen molar-refractivity contribution in [2.24, 2.45) is 0 Å². The second kappa shape index (κ2) is 6.72.